The summed E-state index contributed by atoms with van der Waals surface area (Å²) in [4.78, 5) is 36.5. The lowest BCUT2D eigenvalue weighted by atomic mass is 9.89. The minimum atomic E-state index is -0.663. The molecule has 3 N–H and O–H groups in total. The standard InChI is InChI=1S/C33H43ClN6O4/c1-7-38(5)27(19-35)30(37-28(41)20-43-6)26-17-22-9-8-12-36-29(22)31(24-11-10-23(34)18-25(24)26)39-13-15-40(16-14-39)32(42)44-21-33(2,3)4/h7-12,17-19,30-31H,1,13-16,20-21,35H2,2-6H3,(H,37,41)/b27-19-/t30-,31+/m1/s1. The van der Waals surface area contributed by atoms with E-state index in [-0.39, 0.29) is 30.1 Å². The third-order valence-corrected chi connectivity index (χ3v) is 7.90. The van der Waals surface area contributed by atoms with Crippen molar-refractivity contribution in [3.63, 3.8) is 0 Å². The Kier molecular flexibility index (Phi) is 10.7. The Hall–Kier alpha value is -3.86. The van der Waals surface area contributed by atoms with E-state index in [1.807, 2.05) is 64.2 Å². The number of nitrogens with one attached hydrogen (secondary N) is 1. The van der Waals surface area contributed by atoms with E-state index in [0.717, 1.165) is 28.0 Å². The fourth-order valence-electron chi connectivity index (χ4n) is 5.50. The van der Waals surface area contributed by atoms with Crippen LogP contribution in [0.2, 0.25) is 5.02 Å². The van der Waals surface area contributed by atoms with Gasteiger partial charge < -0.3 is 30.3 Å². The first-order valence-corrected chi connectivity index (χ1v) is 15.0. The van der Waals surface area contributed by atoms with Gasteiger partial charge in [0.25, 0.3) is 0 Å². The number of hydrogen-bond acceptors (Lipinski definition) is 8. The number of nitrogens with two attached hydrogens (primary N) is 1. The highest BCUT2D eigenvalue weighted by Crippen LogP contribution is 2.42. The molecule has 236 valence electrons. The van der Waals surface area contributed by atoms with E-state index >= 15 is 0 Å². The van der Waals surface area contributed by atoms with E-state index in [4.69, 9.17) is 31.8 Å². The molecule has 44 heavy (non-hydrogen) atoms. The number of nitrogens with zero attached hydrogens (tertiary/aromatic N) is 4. The first kappa shape index (κ1) is 33.0. The van der Waals surface area contributed by atoms with E-state index in [2.05, 4.69) is 16.8 Å². The summed E-state index contributed by atoms with van der Waals surface area (Å²) in [5, 5.41) is 3.65. The smallest absolute Gasteiger partial charge is 0.409 e. The Morgan fingerprint density at radius 3 is 2.61 bits per heavy atom. The average Bonchev–Trinajstić information content (AvgIpc) is 3.13. The molecule has 1 aliphatic carbocycles. The van der Waals surface area contributed by atoms with Gasteiger partial charge in [-0.05, 0) is 58.2 Å². The van der Waals surface area contributed by atoms with E-state index in [1.54, 1.807) is 22.2 Å². The van der Waals surface area contributed by atoms with Crippen molar-refractivity contribution < 1.29 is 19.1 Å². The Balaban J connectivity index is 1.77. The third kappa shape index (κ3) is 7.61. The molecule has 2 atom stereocenters. The van der Waals surface area contributed by atoms with Gasteiger partial charge in [0.15, 0.2) is 0 Å². The van der Waals surface area contributed by atoms with Crippen LogP contribution in [0.5, 0.6) is 0 Å². The zero-order valence-corrected chi connectivity index (χ0v) is 26.9. The molecule has 1 saturated heterocycles. The second kappa shape index (κ2) is 14.3. The van der Waals surface area contributed by atoms with E-state index < -0.39 is 6.04 Å². The molecular weight excluding hydrogens is 580 g/mol. The molecule has 1 aromatic heterocycles. The number of likely N-dealkylation sites (N-methyl/N-ethyl adjacent to an activating group) is 1. The second-order valence-electron chi connectivity index (χ2n) is 12.2. The van der Waals surface area contributed by atoms with Crippen molar-refractivity contribution in [2.45, 2.75) is 32.9 Å². The van der Waals surface area contributed by atoms with Crippen LogP contribution in [0.4, 0.5) is 4.79 Å². The van der Waals surface area contributed by atoms with Crippen molar-refractivity contribution in [3.8, 4) is 0 Å². The fraction of sp³-hybridized carbons (Fsp3) is 0.424. The van der Waals surface area contributed by atoms with E-state index in [1.165, 1.54) is 13.3 Å². The number of rotatable bonds is 9. The fourth-order valence-corrected chi connectivity index (χ4v) is 5.67. The van der Waals surface area contributed by atoms with Gasteiger partial charge in [0.05, 0.1) is 30.1 Å². The van der Waals surface area contributed by atoms with Crippen molar-refractivity contribution in [1.82, 2.24) is 25.0 Å². The number of halogens is 1. The van der Waals surface area contributed by atoms with Crippen LogP contribution in [0, 0.1) is 5.41 Å². The van der Waals surface area contributed by atoms with Gasteiger partial charge in [-0.3, -0.25) is 14.7 Å². The minimum absolute atomic E-state index is 0.108. The maximum atomic E-state index is 13.0. The number of pyridine rings is 1. The molecule has 4 rings (SSSR count). The Bertz CT molecular complexity index is 1430. The van der Waals surface area contributed by atoms with Crippen LogP contribution in [-0.4, -0.2) is 91.3 Å². The van der Waals surface area contributed by atoms with Crippen LogP contribution in [-0.2, 0) is 14.3 Å². The molecule has 2 amide bonds. The van der Waals surface area contributed by atoms with Gasteiger partial charge in [-0.1, -0.05) is 51.1 Å². The molecule has 0 radical (unpaired) electrons. The van der Waals surface area contributed by atoms with Crippen molar-refractivity contribution in [2.75, 3.05) is 53.6 Å². The predicted molar refractivity (Wildman–Crippen MR) is 173 cm³/mol. The summed E-state index contributed by atoms with van der Waals surface area (Å²) in [6.45, 7) is 12.5. The number of carbonyl (C=O) groups excluding carboxylic acids is 2. The lowest BCUT2D eigenvalue weighted by molar-refractivity contribution is -0.124. The Labute approximate surface area is 265 Å². The molecule has 10 nitrogen and oxygen atoms in total. The van der Waals surface area contributed by atoms with Crippen molar-refractivity contribution >= 4 is 35.3 Å². The van der Waals surface area contributed by atoms with Crippen LogP contribution in [0.1, 0.15) is 49.2 Å². The maximum Gasteiger partial charge on any atom is 0.409 e. The summed E-state index contributed by atoms with van der Waals surface area (Å²) in [5.41, 5.74) is 11.1. The summed E-state index contributed by atoms with van der Waals surface area (Å²) in [5.74, 6) is -0.305. The number of amides is 2. The van der Waals surface area contributed by atoms with Gasteiger partial charge in [0.1, 0.15) is 6.61 Å². The normalized spacial score (nSPS) is 17.9. The number of benzene rings is 1. The summed E-state index contributed by atoms with van der Waals surface area (Å²) in [6, 6.07) is 8.80. The average molecular weight is 623 g/mol. The van der Waals surface area contributed by atoms with Gasteiger partial charge in [0, 0.05) is 57.8 Å². The van der Waals surface area contributed by atoms with Crippen LogP contribution in [0.15, 0.2) is 61.2 Å². The van der Waals surface area contributed by atoms with Crippen molar-refractivity contribution in [1.29, 1.82) is 0 Å². The molecule has 11 heteroatoms. The van der Waals surface area contributed by atoms with Crippen molar-refractivity contribution in [3.05, 3.63) is 88.6 Å². The van der Waals surface area contributed by atoms with Crippen LogP contribution in [0.3, 0.4) is 0 Å². The van der Waals surface area contributed by atoms with Gasteiger partial charge in [-0.2, -0.15) is 0 Å². The van der Waals surface area contributed by atoms with Gasteiger partial charge in [-0.15, -0.1) is 0 Å². The molecule has 0 saturated carbocycles. The van der Waals surface area contributed by atoms with Crippen molar-refractivity contribution in [2.24, 2.45) is 11.1 Å². The zero-order valence-electron chi connectivity index (χ0n) is 26.2. The lowest BCUT2D eigenvalue weighted by Crippen LogP contribution is -2.50. The van der Waals surface area contributed by atoms with Gasteiger partial charge in [-0.25, -0.2) is 4.79 Å². The van der Waals surface area contributed by atoms with Crippen LogP contribution < -0.4 is 11.1 Å². The molecule has 2 aliphatic rings. The van der Waals surface area contributed by atoms with Crippen LogP contribution in [0.25, 0.3) is 11.6 Å². The van der Waals surface area contributed by atoms with E-state index in [0.29, 0.717) is 43.5 Å². The van der Waals surface area contributed by atoms with E-state index in [9.17, 15) is 9.59 Å². The highest BCUT2D eigenvalue weighted by Gasteiger charge is 2.36. The highest BCUT2D eigenvalue weighted by atomic mass is 35.5. The summed E-state index contributed by atoms with van der Waals surface area (Å²) >= 11 is 6.63. The zero-order chi connectivity index (χ0) is 32.0. The molecular formula is C33H43ClN6O4. The number of piperazine rings is 1. The maximum absolute atomic E-state index is 13.0. The Morgan fingerprint density at radius 2 is 1.98 bits per heavy atom. The molecule has 0 bridgehead atoms. The largest absolute Gasteiger partial charge is 0.449 e. The predicted octanol–water partition coefficient (Wildman–Crippen LogP) is 4.49. The summed E-state index contributed by atoms with van der Waals surface area (Å²) < 4.78 is 10.7. The molecule has 0 unspecified atom stereocenters. The monoisotopic (exact) mass is 622 g/mol. The van der Waals surface area contributed by atoms with Gasteiger partial charge >= 0.3 is 6.09 Å². The first-order valence-electron chi connectivity index (χ1n) is 14.6. The first-order chi connectivity index (χ1) is 21.0. The quantitative estimate of drug-likeness (QED) is 0.421. The van der Waals surface area contributed by atoms with Gasteiger partial charge in [0.2, 0.25) is 5.91 Å². The molecule has 0 spiro atoms. The summed E-state index contributed by atoms with van der Waals surface area (Å²) in [6.07, 6.45) is 6.63. The third-order valence-electron chi connectivity index (χ3n) is 7.67. The number of ether oxygens (including phenoxy) is 2. The lowest BCUT2D eigenvalue weighted by Gasteiger charge is -2.39. The summed E-state index contributed by atoms with van der Waals surface area (Å²) in [7, 11) is 3.29. The molecule has 1 aromatic carbocycles. The molecule has 1 fully saturated rings. The SMILES string of the molecule is C=CN(C)/C(=C\N)[C@H](NC(=O)COC)C1=Cc2cccnc2[C@@H](N2CCN(C(=O)OCC(C)(C)C)CC2)c2ccc(Cl)cc21. The number of fused-ring (bicyclic) bond motifs is 2. The molecule has 2 heterocycles. The van der Waals surface area contributed by atoms with Crippen LogP contribution >= 0.6 is 11.6 Å². The number of methoxy groups -OCH3 is 1. The second-order valence-corrected chi connectivity index (χ2v) is 12.6. The minimum Gasteiger partial charge on any atom is -0.449 e. The highest BCUT2D eigenvalue weighted by molar-refractivity contribution is 6.30. The topological polar surface area (TPSA) is 113 Å². The molecule has 1 aliphatic heterocycles. The molecule has 2 aromatic rings. The number of hydrogen-bond donors (Lipinski definition) is 2. The number of aromatic nitrogens is 1. The number of carbonyl (C=O) groups is 2. The Morgan fingerprint density at radius 1 is 1.25 bits per heavy atom.